The van der Waals surface area contributed by atoms with Crippen molar-refractivity contribution in [2.75, 3.05) is 0 Å². The molecule has 3 atom stereocenters. The van der Waals surface area contributed by atoms with E-state index in [9.17, 15) is 4.57 Å². The van der Waals surface area contributed by atoms with Gasteiger partial charge in [-0.1, -0.05) is 63.8 Å². The highest BCUT2D eigenvalue weighted by Gasteiger charge is 2.41. The topological polar surface area (TPSA) is 26.3 Å². The number of benzene rings is 2. The number of para-hydroxylation sites is 1. The fraction of sp³-hybridized carbons (Fsp3) is 0.222. The summed E-state index contributed by atoms with van der Waals surface area (Å²) in [6.07, 6.45) is 2.87. The average Bonchev–Trinajstić information content (AvgIpc) is 2.56. The van der Waals surface area contributed by atoms with Gasteiger partial charge in [-0.15, -0.1) is 0 Å². The van der Waals surface area contributed by atoms with Crippen molar-refractivity contribution in [2.45, 2.75) is 25.7 Å². The first-order valence-electron chi connectivity index (χ1n) is 7.56. The lowest BCUT2D eigenvalue weighted by Crippen LogP contribution is -2.23. The molecule has 22 heavy (non-hydrogen) atoms. The van der Waals surface area contributed by atoms with E-state index in [2.05, 4.69) is 18.8 Å². The molecule has 0 radical (unpaired) electrons. The zero-order valence-electron chi connectivity index (χ0n) is 12.8. The Bertz CT molecular complexity index is 752. The molecule has 0 aromatic heterocycles. The minimum atomic E-state index is -2.91. The summed E-state index contributed by atoms with van der Waals surface area (Å²) in [5.41, 5.74) is 2.09. The molecule has 2 aromatic rings. The van der Waals surface area contributed by atoms with Crippen molar-refractivity contribution in [2.24, 2.45) is 0 Å². The number of hydrogen-bond acceptors (Lipinski definition) is 2. The highest BCUT2D eigenvalue weighted by atomic mass is 31.2. The molecular formula is C18H20O2P2. The largest absolute Gasteiger partial charge is 0.439 e. The van der Waals surface area contributed by atoms with Crippen LogP contribution < -0.4 is 9.83 Å². The van der Waals surface area contributed by atoms with Gasteiger partial charge in [0.15, 0.2) is 0 Å². The monoisotopic (exact) mass is 330 g/mol. The van der Waals surface area contributed by atoms with E-state index in [1.807, 2.05) is 55.5 Å². The molecular weight excluding hydrogens is 310 g/mol. The number of fused-ring (bicyclic) bond motifs is 3. The number of allylic oxidation sites excluding steroid dienone is 1. The van der Waals surface area contributed by atoms with Crippen LogP contribution in [0.1, 0.15) is 20.3 Å². The van der Waals surface area contributed by atoms with Gasteiger partial charge < -0.3 is 4.52 Å². The van der Waals surface area contributed by atoms with E-state index in [0.717, 1.165) is 28.6 Å². The van der Waals surface area contributed by atoms with E-state index in [1.165, 1.54) is 0 Å². The molecule has 0 aliphatic carbocycles. The van der Waals surface area contributed by atoms with Gasteiger partial charge in [0.25, 0.3) is 7.37 Å². The van der Waals surface area contributed by atoms with E-state index in [4.69, 9.17) is 4.52 Å². The zero-order valence-corrected chi connectivity index (χ0v) is 14.7. The fourth-order valence-corrected chi connectivity index (χ4v) is 7.42. The number of rotatable bonds is 4. The van der Waals surface area contributed by atoms with Crippen molar-refractivity contribution in [3.63, 3.8) is 0 Å². The lowest BCUT2D eigenvalue weighted by molar-refractivity contribution is 0.487. The minimum absolute atomic E-state index is 0.0400. The van der Waals surface area contributed by atoms with E-state index < -0.39 is 7.37 Å². The molecule has 3 unspecified atom stereocenters. The number of hydrogen-bond donors (Lipinski definition) is 0. The molecule has 0 fully saturated rings. The molecule has 3 rings (SSSR count). The van der Waals surface area contributed by atoms with Crippen molar-refractivity contribution in [3.05, 3.63) is 60.4 Å². The first-order valence-corrected chi connectivity index (χ1v) is 10.4. The molecule has 4 heteroatoms. The Hall–Kier alpha value is -1.36. The van der Waals surface area contributed by atoms with Gasteiger partial charge >= 0.3 is 0 Å². The second-order valence-electron chi connectivity index (χ2n) is 5.29. The van der Waals surface area contributed by atoms with E-state index in [1.54, 1.807) is 0 Å². The summed E-state index contributed by atoms with van der Waals surface area (Å²) in [6, 6.07) is 15.9. The van der Waals surface area contributed by atoms with E-state index in [-0.39, 0.29) is 5.40 Å². The summed E-state index contributed by atoms with van der Waals surface area (Å²) in [5, 5.41) is 0.913. The molecule has 0 amide bonds. The second-order valence-corrected chi connectivity index (χ2v) is 9.62. The lowest BCUT2D eigenvalue weighted by Gasteiger charge is -2.33. The standard InChI is InChI=1S/C18H20O2P2/c1-3-13-21-18(4-2)22(19)17-12-8-6-10-15(17)14-9-5-7-11-16(14)20-22/h3,5-13,18,21H,4H2,1-2H3/b13-3+. The maximum absolute atomic E-state index is 13.8. The van der Waals surface area contributed by atoms with E-state index in [0.29, 0.717) is 8.58 Å². The molecule has 0 saturated heterocycles. The van der Waals surface area contributed by atoms with Gasteiger partial charge in [0.2, 0.25) is 0 Å². The average molecular weight is 330 g/mol. The van der Waals surface area contributed by atoms with Gasteiger partial charge in [-0.3, -0.25) is 4.57 Å². The van der Waals surface area contributed by atoms with Crippen LogP contribution in [0.2, 0.25) is 0 Å². The van der Waals surface area contributed by atoms with Crippen LogP contribution in [0.3, 0.4) is 0 Å². The summed E-state index contributed by atoms with van der Waals surface area (Å²) >= 11 is 0. The third-order valence-corrected chi connectivity index (χ3v) is 9.40. The van der Waals surface area contributed by atoms with Crippen LogP contribution in [0.15, 0.2) is 60.4 Å². The van der Waals surface area contributed by atoms with Crippen molar-refractivity contribution in [3.8, 4) is 16.9 Å². The molecule has 2 nitrogen and oxygen atoms in total. The molecule has 1 aliphatic heterocycles. The summed E-state index contributed by atoms with van der Waals surface area (Å²) in [5.74, 6) is 2.86. The fourth-order valence-electron chi connectivity index (χ4n) is 2.83. The Kier molecular flexibility index (Phi) is 4.52. The zero-order chi connectivity index (χ0) is 15.6. The maximum atomic E-state index is 13.8. The lowest BCUT2D eigenvalue weighted by atomic mass is 10.0. The van der Waals surface area contributed by atoms with Crippen molar-refractivity contribution in [1.29, 1.82) is 0 Å². The predicted molar refractivity (Wildman–Crippen MR) is 97.0 cm³/mol. The second kappa shape index (κ2) is 6.41. The summed E-state index contributed by atoms with van der Waals surface area (Å²) in [4.78, 5) is 0. The van der Waals surface area contributed by atoms with Gasteiger partial charge in [-0.2, -0.15) is 0 Å². The van der Waals surface area contributed by atoms with Gasteiger partial charge in [0.05, 0.1) is 10.7 Å². The molecule has 2 aromatic carbocycles. The SMILES string of the molecule is C/C=C/PC(CC)P1(=O)Oc2ccccc2-c2ccccc21. The smallest absolute Gasteiger partial charge is 0.285 e. The van der Waals surface area contributed by atoms with Crippen LogP contribution in [0.25, 0.3) is 11.1 Å². The highest BCUT2D eigenvalue weighted by Crippen LogP contribution is 2.62. The van der Waals surface area contributed by atoms with Crippen LogP contribution in [0.4, 0.5) is 0 Å². The molecule has 0 spiro atoms. The minimum Gasteiger partial charge on any atom is -0.439 e. The summed E-state index contributed by atoms with van der Waals surface area (Å²) in [6.45, 7) is 4.09. The Labute approximate surface area is 133 Å². The highest BCUT2D eigenvalue weighted by molar-refractivity contribution is 7.77. The van der Waals surface area contributed by atoms with Gasteiger partial charge in [0, 0.05) is 5.56 Å². The first kappa shape index (κ1) is 15.5. The van der Waals surface area contributed by atoms with Crippen LogP contribution in [0.5, 0.6) is 5.75 Å². The quantitative estimate of drug-likeness (QED) is 0.682. The summed E-state index contributed by atoms with van der Waals surface area (Å²) < 4.78 is 19.9. The first-order chi connectivity index (χ1) is 10.7. The Morgan fingerprint density at radius 2 is 1.82 bits per heavy atom. The normalized spacial score (nSPS) is 21.5. The van der Waals surface area contributed by atoms with Crippen LogP contribution in [-0.4, -0.2) is 5.40 Å². The molecule has 0 saturated carbocycles. The van der Waals surface area contributed by atoms with Crippen LogP contribution in [-0.2, 0) is 4.57 Å². The van der Waals surface area contributed by atoms with Crippen LogP contribution in [0, 0.1) is 0 Å². The maximum Gasteiger partial charge on any atom is 0.285 e. The molecule has 0 N–H and O–H groups in total. The Balaban J connectivity index is 2.17. The summed E-state index contributed by atoms with van der Waals surface area (Å²) in [7, 11) is -2.41. The molecule has 114 valence electrons. The predicted octanol–water partition coefficient (Wildman–Crippen LogP) is 5.60. The molecule has 1 aliphatic rings. The van der Waals surface area contributed by atoms with Crippen molar-refractivity contribution in [1.82, 2.24) is 0 Å². The van der Waals surface area contributed by atoms with Gasteiger partial charge in [-0.25, -0.2) is 0 Å². The van der Waals surface area contributed by atoms with Gasteiger partial charge in [0.1, 0.15) is 5.75 Å². The molecule has 1 heterocycles. The molecule has 0 bridgehead atoms. The van der Waals surface area contributed by atoms with Crippen molar-refractivity contribution < 1.29 is 9.09 Å². The Morgan fingerprint density at radius 1 is 1.14 bits per heavy atom. The van der Waals surface area contributed by atoms with Crippen molar-refractivity contribution >= 4 is 21.3 Å². The van der Waals surface area contributed by atoms with E-state index >= 15 is 0 Å². The third-order valence-electron chi connectivity index (χ3n) is 3.90. The Morgan fingerprint density at radius 3 is 2.55 bits per heavy atom. The van der Waals surface area contributed by atoms with Crippen LogP contribution >= 0.6 is 15.9 Å². The van der Waals surface area contributed by atoms with Gasteiger partial charge in [-0.05, 0) is 31.0 Å². The third kappa shape index (κ3) is 2.56.